The molecule has 0 aliphatic carbocycles. The lowest BCUT2D eigenvalue weighted by atomic mass is 10.1. The Bertz CT molecular complexity index is 894. The van der Waals surface area contributed by atoms with Crippen LogP contribution in [0.5, 0.6) is 0 Å². The van der Waals surface area contributed by atoms with E-state index in [2.05, 4.69) is 10.1 Å². The Kier molecular flexibility index (Phi) is 4.86. The number of aromatic nitrogens is 3. The number of ether oxygens (including phenoxy) is 2. The molecule has 2 aromatic rings. The average Bonchev–Trinajstić information content (AvgIpc) is 3.14. The van der Waals surface area contributed by atoms with Crippen molar-refractivity contribution in [3.05, 3.63) is 47.5 Å². The highest BCUT2D eigenvalue weighted by atomic mass is 16.7. The molecule has 1 spiro atoms. The number of aryl methyl sites for hydroxylation is 2. The number of hydrogen-bond donors (Lipinski definition) is 0. The smallest absolute Gasteiger partial charge is 0.257 e. The van der Waals surface area contributed by atoms with Gasteiger partial charge in [0.05, 0.1) is 43.6 Å². The predicted octanol–water partition coefficient (Wildman–Crippen LogP) is 0.465. The quantitative estimate of drug-likeness (QED) is 0.746. The first-order chi connectivity index (χ1) is 13.5. The molecule has 2 aliphatic heterocycles. The minimum atomic E-state index is -1.01. The molecule has 0 bridgehead atoms. The van der Waals surface area contributed by atoms with Gasteiger partial charge in [0.2, 0.25) is 5.79 Å². The fraction of sp³-hybridized carbons (Fsp3) is 0.474. The lowest BCUT2D eigenvalue weighted by Gasteiger charge is -2.47. The molecule has 0 saturated carbocycles. The normalized spacial score (nSPS) is 22.5. The maximum Gasteiger partial charge on any atom is 0.257 e. The third kappa shape index (κ3) is 3.50. The molecular weight excluding hydrogens is 362 g/mol. The van der Waals surface area contributed by atoms with E-state index < -0.39 is 5.79 Å². The highest BCUT2D eigenvalue weighted by Crippen LogP contribution is 2.26. The van der Waals surface area contributed by atoms with Crippen LogP contribution in [0.15, 0.2) is 30.9 Å². The van der Waals surface area contributed by atoms with E-state index in [9.17, 15) is 9.59 Å². The number of morpholine rings is 2. The first kappa shape index (κ1) is 18.6. The highest BCUT2D eigenvalue weighted by molar-refractivity contribution is 5.95. The van der Waals surface area contributed by atoms with Gasteiger partial charge in [-0.1, -0.05) is 0 Å². The van der Waals surface area contributed by atoms with Gasteiger partial charge in [0.15, 0.2) is 0 Å². The molecule has 2 fully saturated rings. The first-order valence-corrected chi connectivity index (χ1v) is 9.23. The van der Waals surface area contributed by atoms with Gasteiger partial charge in [-0.3, -0.25) is 19.3 Å². The Labute approximate surface area is 162 Å². The molecule has 4 rings (SSSR count). The van der Waals surface area contributed by atoms with Crippen LogP contribution in [0.4, 0.5) is 0 Å². The van der Waals surface area contributed by atoms with Crippen molar-refractivity contribution < 1.29 is 19.1 Å². The standard InChI is InChI=1S/C19H23N5O4/c1-14-3-4-20-10-16(14)18(26)24-6-8-28-19(13-24)12-23(5-7-27-19)17(25)15-9-21-22(2)11-15/h3-4,9-11H,5-8,12-13H2,1-2H3. The van der Waals surface area contributed by atoms with Gasteiger partial charge in [-0.05, 0) is 18.6 Å². The summed E-state index contributed by atoms with van der Waals surface area (Å²) in [4.78, 5) is 33.2. The van der Waals surface area contributed by atoms with Gasteiger partial charge >= 0.3 is 0 Å². The SMILES string of the molecule is Cc1ccncc1C(=O)N1CCOC2(CN(C(=O)c3cnn(C)c3)CCO2)C1. The van der Waals surface area contributed by atoms with Crippen LogP contribution in [0.1, 0.15) is 26.3 Å². The minimum absolute atomic E-state index is 0.104. The molecule has 9 nitrogen and oxygen atoms in total. The van der Waals surface area contributed by atoms with Gasteiger partial charge in [-0.2, -0.15) is 5.10 Å². The number of amides is 2. The van der Waals surface area contributed by atoms with Crippen molar-refractivity contribution in [1.82, 2.24) is 24.6 Å². The first-order valence-electron chi connectivity index (χ1n) is 9.23. The number of carbonyl (C=O) groups is 2. The van der Waals surface area contributed by atoms with E-state index in [0.29, 0.717) is 37.4 Å². The third-order valence-electron chi connectivity index (χ3n) is 5.11. The topological polar surface area (TPSA) is 89.8 Å². The fourth-order valence-corrected chi connectivity index (χ4v) is 3.62. The third-order valence-corrected chi connectivity index (χ3v) is 5.11. The molecule has 0 aromatic carbocycles. The van der Waals surface area contributed by atoms with Crippen LogP contribution in [0, 0.1) is 6.92 Å². The number of hydrogen-bond acceptors (Lipinski definition) is 6. The second kappa shape index (κ2) is 7.33. The van der Waals surface area contributed by atoms with Crippen LogP contribution < -0.4 is 0 Å². The van der Waals surface area contributed by atoms with E-state index in [1.807, 2.05) is 13.0 Å². The number of rotatable bonds is 2. The van der Waals surface area contributed by atoms with E-state index >= 15 is 0 Å². The van der Waals surface area contributed by atoms with E-state index in [4.69, 9.17) is 9.47 Å². The predicted molar refractivity (Wildman–Crippen MR) is 98.6 cm³/mol. The van der Waals surface area contributed by atoms with Crippen LogP contribution >= 0.6 is 0 Å². The van der Waals surface area contributed by atoms with Crippen molar-refractivity contribution in [2.45, 2.75) is 12.7 Å². The van der Waals surface area contributed by atoms with Crippen molar-refractivity contribution in [2.24, 2.45) is 7.05 Å². The zero-order chi connectivity index (χ0) is 19.7. The van der Waals surface area contributed by atoms with E-state index in [-0.39, 0.29) is 24.9 Å². The summed E-state index contributed by atoms with van der Waals surface area (Å²) in [6.07, 6.45) is 6.49. The fourth-order valence-electron chi connectivity index (χ4n) is 3.62. The molecule has 0 N–H and O–H groups in total. The molecule has 1 unspecified atom stereocenters. The summed E-state index contributed by atoms with van der Waals surface area (Å²) in [5, 5.41) is 4.06. The summed E-state index contributed by atoms with van der Waals surface area (Å²) in [6, 6.07) is 1.81. The average molecular weight is 385 g/mol. The Hall–Kier alpha value is -2.78. The van der Waals surface area contributed by atoms with Crippen LogP contribution in [-0.4, -0.2) is 81.6 Å². The molecule has 0 radical (unpaired) electrons. The summed E-state index contributed by atoms with van der Waals surface area (Å²) in [5.41, 5.74) is 1.96. The molecule has 28 heavy (non-hydrogen) atoms. The van der Waals surface area contributed by atoms with E-state index in [1.165, 1.54) is 0 Å². The van der Waals surface area contributed by atoms with Crippen molar-refractivity contribution in [3.8, 4) is 0 Å². The lowest BCUT2D eigenvalue weighted by molar-refractivity contribution is -0.282. The molecule has 2 aliphatic rings. The molecule has 4 heterocycles. The number of nitrogens with zero attached hydrogens (tertiary/aromatic N) is 5. The number of pyridine rings is 1. The maximum absolute atomic E-state index is 13.0. The monoisotopic (exact) mass is 385 g/mol. The second-order valence-corrected chi connectivity index (χ2v) is 7.15. The molecule has 9 heteroatoms. The zero-order valence-corrected chi connectivity index (χ0v) is 16.0. The summed E-state index contributed by atoms with van der Waals surface area (Å²) < 4.78 is 13.5. The van der Waals surface area contributed by atoms with Gasteiger partial charge in [-0.25, -0.2) is 0 Å². The van der Waals surface area contributed by atoms with Crippen molar-refractivity contribution >= 4 is 11.8 Å². The molecule has 2 aromatic heterocycles. The van der Waals surface area contributed by atoms with Crippen molar-refractivity contribution in [1.29, 1.82) is 0 Å². The van der Waals surface area contributed by atoms with Crippen molar-refractivity contribution in [3.63, 3.8) is 0 Å². The Morgan fingerprint density at radius 1 is 1.07 bits per heavy atom. The van der Waals surface area contributed by atoms with E-state index in [1.54, 1.807) is 46.3 Å². The maximum atomic E-state index is 13.0. The summed E-state index contributed by atoms with van der Waals surface area (Å²) in [6.45, 7) is 4.04. The highest BCUT2D eigenvalue weighted by Gasteiger charge is 2.44. The summed E-state index contributed by atoms with van der Waals surface area (Å²) in [7, 11) is 1.77. The molecular formula is C19H23N5O4. The second-order valence-electron chi connectivity index (χ2n) is 7.15. The minimum Gasteiger partial charge on any atom is -0.345 e. The summed E-state index contributed by atoms with van der Waals surface area (Å²) in [5.74, 6) is -1.24. The van der Waals surface area contributed by atoms with Gasteiger partial charge in [0, 0.05) is 38.7 Å². The molecule has 2 amide bonds. The van der Waals surface area contributed by atoms with Gasteiger partial charge < -0.3 is 19.3 Å². The van der Waals surface area contributed by atoms with Crippen LogP contribution in [0.2, 0.25) is 0 Å². The van der Waals surface area contributed by atoms with Gasteiger partial charge in [0.1, 0.15) is 0 Å². The van der Waals surface area contributed by atoms with E-state index in [0.717, 1.165) is 5.56 Å². The van der Waals surface area contributed by atoms with Crippen LogP contribution in [0.25, 0.3) is 0 Å². The van der Waals surface area contributed by atoms with Gasteiger partial charge in [-0.15, -0.1) is 0 Å². The molecule has 2 saturated heterocycles. The van der Waals surface area contributed by atoms with Crippen LogP contribution in [-0.2, 0) is 16.5 Å². The van der Waals surface area contributed by atoms with Crippen molar-refractivity contribution in [2.75, 3.05) is 39.4 Å². The molecule has 148 valence electrons. The Morgan fingerprint density at radius 3 is 2.36 bits per heavy atom. The largest absolute Gasteiger partial charge is 0.345 e. The Morgan fingerprint density at radius 2 is 1.75 bits per heavy atom. The van der Waals surface area contributed by atoms with Gasteiger partial charge in [0.25, 0.3) is 11.8 Å². The molecule has 1 atom stereocenters. The zero-order valence-electron chi connectivity index (χ0n) is 16.0. The van der Waals surface area contributed by atoms with Crippen LogP contribution in [0.3, 0.4) is 0 Å². The number of carbonyl (C=O) groups excluding carboxylic acids is 2. The summed E-state index contributed by atoms with van der Waals surface area (Å²) >= 11 is 0. The Balaban J connectivity index is 1.50. The lowest BCUT2D eigenvalue weighted by Crippen LogP contribution is -2.63.